The maximum Gasteiger partial charge on any atom is 0.416 e. The predicted octanol–water partition coefficient (Wildman–Crippen LogP) is 7.00. The zero-order valence-corrected chi connectivity index (χ0v) is 27.8. The molecule has 54 heavy (non-hydrogen) atoms. The van der Waals surface area contributed by atoms with Crippen LogP contribution in [-0.4, -0.2) is 47.1 Å². The molecule has 4 N–H and O–H groups in total. The molecular formula is C38H27F3N10O3. The lowest BCUT2D eigenvalue weighted by Crippen LogP contribution is -2.34. The van der Waals surface area contributed by atoms with Crippen LogP contribution in [0.2, 0.25) is 0 Å². The summed E-state index contributed by atoms with van der Waals surface area (Å²) in [6.07, 6.45) is -4.63. The van der Waals surface area contributed by atoms with Gasteiger partial charge < -0.3 is 10.6 Å². The van der Waals surface area contributed by atoms with Gasteiger partial charge >= 0.3 is 6.18 Å². The van der Waals surface area contributed by atoms with Crippen LogP contribution in [0.4, 0.5) is 48.3 Å². The third-order valence-corrected chi connectivity index (χ3v) is 7.92. The van der Waals surface area contributed by atoms with Crippen LogP contribution in [0.25, 0.3) is 0 Å². The van der Waals surface area contributed by atoms with Crippen molar-refractivity contribution in [3.63, 3.8) is 0 Å². The number of ketones is 1. The number of hydrogen-bond donors (Lipinski definition) is 3. The minimum Gasteiger partial charge on any atom is -0.323 e. The van der Waals surface area contributed by atoms with E-state index in [0.29, 0.717) is 16.9 Å². The highest BCUT2D eigenvalue weighted by Gasteiger charge is 2.32. The lowest BCUT2D eigenvalue weighted by molar-refractivity contribution is -0.137. The molecule has 0 aliphatic carbocycles. The van der Waals surface area contributed by atoms with Crippen LogP contribution in [-0.2, 0) is 6.18 Å². The van der Waals surface area contributed by atoms with Crippen molar-refractivity contribution in [3.05, 3.63) is 167 Å². The summed E-state index contributed by atoms with van der Waals surface area (Å²) in [6, 6.07) is 35.6. The minimum absolute atomic E-state index is 0.0522. The fourth-order valence-electron chi connectivity index (χ4n) is 5.28. The molecule has 0 saturated carbocycles. The van der Waals surface area contributed by atoms with Gasteiger partial charge in [0.25, 0.3) is 23.7 Å². The normalized spacial score (nSPS) is 11.2. The van der Waals surface area contributed by atoms with E-state index in [4.69, 9.17) is 5.84 Å². The number of alkyl halides is 3. The highest BCUT2D eigenvalue weighted by atomic mass is 19.4. The Kier molecular flexibility index (Phi) is 9.48. The molecule has 0 spiro atoms. The summed E-state index contributed by atoms with van der Waals surface area (Å²) in [5.74, 6) is 3.77. The molecule has 2 aromatic heterocycles. The summed E-state index contributed by atoms with van der Waals surface area (Å²) in [5.41, 5.74) is 0.702. The molecule has 0 bridgehead atoms. The second-order valence-electron chi connectivity index (χ2n) is 11.6. The number of nitrogens with one attached hydrogen (secondary N) is 2. The number of rotatable bonds is 10. The van der Waals surface area contributed by atoms with E-state index in [1.54, 1.807) is 103 Å². The topological polar surface area (TPSA) is 166 Å². The fraction of sp³-hybridized carbons (Fsp3) is 0.0263. The number of hydrogen-bond acceptors (Lipinski definition) is 11. The van der Waals surface area contributed by atoms with Gasteiger partial charge in [-0.3, -0.25) is 14.4 Å². The Morgan fingerprint density at radius 1 is 0.556 bits per heavy atom. The quantitative estimate of drug-likeness (QED) is 0.0755. The van der Waals surface area contributed by atoms with E-state index in [0.717, 1.165) is 38.6 Å². The van der Waals surface area contributed by atoms with E-state index >= 15 is 0 Å². The molecule has 16 heteroatoms. The first-order valence-corrected chi connectivity index (χ1v) is 16.1. The zero-order valence-electron chi connectivity index (χ0n) is 27.8. The molecule has 13 nitrogen and oxygen atoms in total. The van der Waals surface area contributed by atoms with Crippen LogP contribution >= 0.6 is 0 Å². The van der Waals surface area contributed by atoms with E-state index in [-0.39, 0.29) is 46.3 Å². The Bertz CT molecular complexity index is 2450. The zero-order chi connectivity index (χ0) is 37.8. The summed E-state index contributed by atoms with van der Waals surface area (Å²) in [5, 5.41) is 15.4. The van der Waals surface area contributed by atoms with Gasteiger partial charge in [-0.05, 0) is 60.7 Å². The first kappa shape index (κ1) is 35.0. The molecule has 0 radical (unpaired) electrons. The molecule has 0 amide bonds. The molecule has 0 aliphatic rings. The maximum atomic E-state index is 14.2. The third kappa shape index (κ3) is 7.44. The van der Waals surface area contributed by atoms with Gasteiger partial charge in [0, 0.05) is 33.6 Å². The Balaban J connectivity index is 1.31. The number of para-hydroxylation sites is 2. The van der Waals surface area contributed by atoms with Crippen LogP contribution in [0.1, 0.15) is 42.2 Å². The monoisotopic (exact) mass is 728 g/mol. The fourth-order valence-corrected chi connectivity index (χ4v) is 5.28. The Morgan fingerprint density at radius 3 is 1.50 bits per heavy atom. The molecule has 7 rings (SSSR count). The Hall–Kier alpha value is -7.46. The second-order valence-corrected chi connectivity index (χ2v) is 11.6. The van der Waals surface area contributed by atoms with E-state index < -0.39 is 23.6 Å². The molecule has 0 fully saturated rings. The summed E-state index contributed by atoms with van der Waals surface area (Å²) in [4.78, 5) is 50.2. The number of anilines is 6. The molecule has 0 unspecified atom stereocenters. The largest absolute Gasteiger partial charge is 0.416 e. The third-order valence-electron chi connectivity index (χ3n) is 7.92. The molecule has 0 atom stereocenters. The Labute approximate surface area is 304 Å². The number of nitrogens with two attached hydrogens (primary N) is 1. The van der Waals surface area contributed by atoms with Crippen molar-refractivity contribution in [2.45, 2.75) is 6.18 Å². The van der Waals surface area contributed by atoms with Gasteiger partial charge in [0.2, 0.25) is 11.9 Å². The van der Waals surface area contributed by atoms with Gasteiger partial charge in [-0.15, -0.1) is 10.2 Å². The summed E-state index contributed by atoms with van der Waals surface area (Å²) in [6.45, 7) is 0. The number of benzene rings is 5. The van der Waals surface area contributed by atoms with Crippen molar-refractivity contribution in [3.8, 4) is 0 Å². The van der Waals surface area contributed by atoms with Crippen LogP contribution < -0.4 is 21.5 Å². The standard InChI is InChI=1S/C38H27F3N10O3/c39-38(40,41)28-21-19-25(20-22-28)32(53)50-36(45-34(47-50)43-29-15-6-2-7-16-29)49(42)37-46-35(44-30-17-8-3-9-18-30)48-51(37)33(54)27-14-10-13-26(23-27)31(52)24-11-4-1-5-12-24/h1-23H,42H2,(H,43,47)(H,44,48). The molecular weight excluding hydrogens is 701 g/mol. The summed E-state index contributed by atoms with van der Waals surface area (Å²) >= 11 is 0. The van der Waals surface area contributed by atoms with Gasteiger partial charge in [-0.25, -0.2) is 10.9 Å². The molecule has 268 valence electrons. The van der Waals surface area contributed by atoms with Crippen LogP contribution in [0.3, 0.4) is 0 Å². The number of carbonyl (C=O) groups excluding carboxylic acids is 3. The predicted molar refractivity (Wildman–Crippen MR) is 193 cm³/mol. The molecule has 5 aromatic carbocycles. The highest BCUT2D eigenvalue weighted by Crippen LogP contribution is 2.30. The number of hydrazine groups is 1. The number of halogens is 3. The molecule has 0 saturated heterocycles. The lowest BCUT2D eigenvalue weighted by atomic mass is 10.0. The van der Waals surface area contributed by atoms with E-state index in [1.807, 2.05) is 0 Å². The molecule has 2 heterocycles. The number of carbonyl (C=O) groups is 3. The maximum absolute atomic E-state index is 14.2. The van der Waals surface area contributed by atoms with E-state index in [9.17, 15) is 27.6 Å². The van der Waals surface area contributed by atoms with E-state index in [2.05, 4.69) is 30.8 Å². The van der Waals surface area contributed by atoms with Gasteiger partial charge in [-0.1, -0.05) is 78.9 Å². The average molecular weight is 729 g/mol. The summed E-state index contributed by atoms with van der Waals surface area (Å²) in [7, 11) is 0. The van der Waals surface area contributed by atoms with Crippen molar-refractivity contribution in [1.82, 2.24) is 29.5 Å². The second kappa shape index (κ2) is 14.6. The van der Waals surface area contributed by atoms with Crippen molar-refractivity contribution < 1.29 is 27.6 Å². The average Bonchev–Trinajstić information content (AvgIpc) is 3.82. The van der Waals surface area contributed by atoms with Crippen molar-refractivity contribution >= 4 is 52.8 Å². The van der Waals surface area contributed by atoms with Crippen molar-refractivity contribution in [1.29, 1.82) is 0 Å². The first-order chi connectivity index (χ1) is 26.0. The van der Waals surface area contributed by atoms with Gasteiger partial charge in [-0.2, -0.15) is 32.5 Å². The van der Waals surface area contributed by atoms with Gasteiger partial charge in [0.1, 0.15) is 0 Å². The Morgan fingerprint density at radius 2 is 1.00 bits per heavy atom. The smallest absolute Gasteiger partial charge is 0.323 e. The minimum atomic E-state index is -4.63. The molecule has 7 aromatic rings. The van der Waals surface area contributed by atoms with Gasteiger partial charge in [0.05, 0.1) is 5.56 Å². The first-order valence-electron chi connectivity index (χ1n) is 16.1. The van der Waals surface area contributed by atoms with Crippen LogP contribution in [0.15, 0.2) is 140 Å². The lowest BCUT2D eigenvalue weighted by Gasteiger charge is -2.16. The SMILES string of the molecule is NN(c1nc(Nc2ccccc2)nn1C(=O)c1ccc(C(F)(F)F)cc1)c1nc(Nc2ccccc2)nn1C(=O)c1cccc(C(=O)c2ccccc2)c1. The highest BCUT2D eigenvalue weighted by molar-refractivity contribution is 6.10. The number of aromatic nitrogens is 6. The van der Waals surface area contributed by atoms with Crippen LogP contribution in [0, 0.1) is 0 Å². The summed E-state index contributed by atoms with van der Waals surface area (Å²) < 4.78 is 41.6. The molecule has 0 aliphatic heterocycles. The van der Waals surface area contributed by atoms with Gasteiger partial charge in [0.15, 0.2) is 5.78 Å². The number of nitrogens with zero attached hydrogens (tertiary/aromatic N) is 7. The van der Waals surface area contributed by atoms with Crippen molar-refractivity contribution in [2.24, 2.45) is 5.84 Å². The van der Waals surface area contributed by atoms with Crippen molar-refractivity contribution in [2.75, 3.05) is 15.6 Å². The van der Waals surface area contributed by atoms with Crippen LogP contribution in [0.5, 0.6) is 0 Å². The van der Waals surface area contributed by atoms with E-state index in [1.165, 1.54) is 12.1 Å².